The van der Waals surface area contributed by atoms with E-state index in [9.17, 15) is 4.79 Å². The average molecular weight is 368 g/mol. The summed E-state index contributed by atoms with van der Waals surface area (Å²) in [5.41, 5.74) is 1.57. The van der Waals surface area contributed by atoms with Gasteiger partial charge in [0, 0.05) is 15.6 Å². The molecule has 0 saturated heterocycles. The van der Waals surface area contributed by atoms with E-state index in [0.29, 0.717) is 21.5 Å². The van der Waals surface area contributed by atoms with E-state index in [-0.39, 0.29) is 18.4 Å². The first kappa shape index (κ1) is 18.4. The predicted octanol–water partition coefficient (Wildman–Crippen LogP) is 4.43. The molecule has 0 aliphatic carbocycles. The Balaban J connectivity index is 2.11. The van der Waals surface area contributed by atoms with Crippen molar-refractivity contribution in [2.45, 2.75) is 19.4 Å². The highest BCUT2D eigenvalue weighted by Gasteiger charge is 2.16. The highest BCUT2D eigenvalue weighted by molar-refractivity contribution is 6.35. The van der Waals surface area contributed by atoms with Gasteiger partial charge in [0.25, 0.3) is 0 Å². The highest BCUT2D eigenvalue weighted by Crippen LogP contribution is 2.29. The number of rotatable bonds is 6. The Morgan fingerprint density at radius 1 is 1.12 bits per heavy atom. The van der Waals surface area contributed by atoms with E-state index in [1.54, 1.807) is 32.4 Å². The van der Waals surface area contributed by atoms with Crippen molar-refractivity contribution >= 4 is 29.1 Å². The molecular weight excluding hydrogens is 349 g/mol. The van der Waals surface area contributed by atoms with Crippen LogP contribution >= 0.6 is 23.2 Å². The van der Waals surface area contributed by atoms with Crippen LogP contribution in [0.3, 0.4) is 0 Å². The van der Waals surface area contributed by atoms with Gasteiger partial charge in [-0.3, -0.25) is 4.79 Å². The minimum Gasteiger partial charge on any atom is -0.497 e. The molecule has 0 aliphatic rings. The topological polar surface area (TPSA) is 47.6 Å². The Morgan fingerprint density at radius 3 is 2.50 bits per heavy atom. The molecule has 1 atom stereocenters. The van der Waals surface area contributed by atoms with E-state index in [0.717, 1.165) is 11.1 Å². The molecule has 1 N–H and O–H groups in total. The van der Waals surface area contributed by atoms with Crippen molar-refractivity contribution < 1.29 is 14.3 Å². The first-order valence-electron chi connectivity index (χ1n) is 7.39. The molecule has 2 aromatic carbocycles. The van der Waals surface area contributed by atoms with E-state index < -0.39 is 0 Å². The van der Waals surface area contributed by atoms with Gasteiger partial charge in [-0.1, -0.05) is 29.3 Å². The quantitative estimate of drug-likeness (QED) is 0.821. The zero-order chi connectivity index (χ0) is 17.7. The summed E-state index contributed by atoms with van der Waals surface area (Å²) in [6, 6.07) is 10.3. The lowest BCUT2D eigenvalue weighted by Crippen LogP contribution is -2.28. The summed E-state index contributed by atoms with van der Waals surface area (Å²) >= 11 is 12.0. The number of hydrogen-bond donors (Lipinski definition) is 1. The molecule has 4 nitrogen and oxygen atoms in total. The van der Waals surface area contributed by atoms with Crippen molar-refractivity contribution in [1.82, 2.24) is 5.32 Å². The molecule has 0 spiro atoms. The number of halogens is 2. The molecule has 0 aromatic heterocycles. The summed E-state index contributed by atoms with van der Waals surface area (Å²) in [6.45, 7) is 1.89. The maximum Gasteiger partial charge on any atom is 0.224 e. The summed E-state index contributed by atoms with van der Waals surface area (Å²) in [6.07, 6.45) is 0.173. The Hall–Kier alpha value is -1.91. The van der Waals surface area contributed by atoms with Gasteiger partial charge >= 0.3 is 0 Å². The number of amides is 1. The molecular formula is C18H19Cl2NO3. The van der Waals surface area contributed by atoms with Gasteiger partial charge in [0.2, 0.25) is 5.91 Å². The number of hydrogen-bond acceptors (Lipinski definition) is 3. The minimum atomic E-state index is -0.242. The van der Waals surface area contributed by atoms with Gasteiger partial charge in [-0.25, -0.2) is 0 Å². The number of carbonyl (C=O) groups is 1. The Bertz CT molecular complexity index is 734. The van der Waals surface area contributed by atoms with Crippen LogP contribution < -0.4 is 14.8 Å². The maximum absolute atomic E-state index is 12.3. The third-order valence-electron chi connectivity index (χ3n) is 3.65. The second-order valence-electron chi connectivity index (χ2n) is 5.31. The first-order valence-corrected chi connectivity index (χ1v) is 8.15. The maximum atomic E-state index is 12.3. The van der Waals surface area contributed by atoms with E-state index in [1.807, 2.05) is 25.1 Å². The van der Waals surface area contributed by atoms with Crippen molar-refractivity contribution in [2.75, 3.05) is 14.2 Å². The fourth-order valence-electron chi connectivity index (χ4n) is 2.39. The third kappa shape index (κ3) is 4.56. The van der Waals surface area contributed by atoms with Gasteiger partial charge < -0.3 is 14.8 Å². The summed E-state index contributed by atoms with van der Waals surface area (Å²) in [4.78, 5) is 12.3. The largest absolute Gasteiger partial charge is 0.497 e. The zero-order valence-electron chi connectivity index (χ0n) is 13.7. The SMILES string of the molecule is COc1ccc(OC)c([C@@H](C)NC(=O)Cc2ccc(Cl)cc2Cl)c1. The molecule has 2 aromatic rings. The molecule has 0 bridgehead atoms. The third-order valence-corrected chi connectivity index (χ3v) is 4.23. The van der Waals surface area contributed by atoms with E-state index in [4.69, 9.17) is 32.7 Å². The number of nitrogens with one attached hydrogen (secondary N) is 1. The van der Waals surface area contributed by atoms with Gasteiger partial charge in [-0.05, 0) is 42.8 Å². The van der Waals surface area contributed by atoms with Crippen LogP contribution in [0.1, 0.15) is 24.1 Å². The molecule has 2 rings (SSSR count). The van der Waals surface area contributed by atoms with E-state index in [1.165, 1.54) is 0 Å². The summed E-state index contributed by atoms with van der Waals surface area (Å²) in [5.74, 6) is 1.25. The lowest BCUT2D eigenvalue weighted by atomic mass is 10.1. The molecule has 0 aliphatic heterocycles. The zero-order valence-corrected chi connectivity index (χ0v) is 15.2. The van der Waals surface area contributed by atoms with Gasteiger partial charge in [0.15, 0.2) is 0 Å². The van der Waals surface area contributed by atoms with Crippen LogP contribution in [0.25, 0.3) is 0 Å². The number of ether oxygens (including phenoxy) is 2. The van der Waals surface area contributed by atoms with Gasteiger partial charge in [0.05, 0.1) is 26.7 Å². The molecule has 0 unspecified atom stereocenters. The van der Waals surface area contributed by atoms with Crippen molar-refractivity contribution in [2.24, 2.45) is 0 Å². The standard InChI is InChI=1S/C18H19Cl2NO3/c1-11(15-10-14(23-2)6-7-17(15)24-3)21-18(22)8-12-4-5-13(19)9-16(12)20/h4-7,9-11H,8H2,1-3H3,(H,21,22)/t11-/m1/s1. The Morgan fingerprint density at radius 2 is 1.88 bits per heavy atom. The molecule has 6 heteroatoms. The monoisotopic (exact) mass is 367 g/mol. The van der Waals surface area contributed by atoms with E-state index in [2.05, 4.69) is 5.32 Å². The van der Waals surface area contributed by atoms with Gasteiger partial charge in [0.1, 0.15) is 11.5 Å². The summed E-state index contributed by atoms with van der Waals surface area (Å²) in [5, 5.41) is 3.96. The number of carbonyl (C=O) groups excluding carboxylic acids is 1. The molecule has 0 saturated carbocycles. The van der Waals surface area contributed by atoms with Crippen LogP contribution in [0.2, 0.25) is 10.0 Å². The lowest BCUT2D eigenvalue weighted by molar-refractivity contribution is -0.121. The van der Waals surface area contributed by atoms with Crippen molar-refractivity contribution in [1.29, 1.82) is 0 Å². The van der Waals surface area contributed by atoms with E-state index >= 15 is 0 Å². The van der Waals surface area contributed by atoms with Crippen LogP contribution in [-0.2, 0) is 11.2 Å². The molecule has 0 heterocycles. The predicted molar refractivity (Wildman–Crippen MR) is 96.3 cm³/mol. The number of benzene rings is 2. The minimum absolute atomic E-state index is 0.142. The van der Waals surface area contributed by atoms with Crippen molar-refractivity contribution in [3.63, 3.8) is 0 Å². The molecule has 24 heavy (non-hydrogen) atoms. The van der Waals surface area contributed by atoms with Crippen LogP contribution in [0.4, 0.5) is 0 Å². The van der Waals surface area contributed by atoms with Crippen molar-refractivity contribution in [3.05, 3.63) is 57.6 Å². The Labute approximate surface area is 151 Å². The number of methoxy groups -OCH3 is 2. The summed E-state index contributed by atoms with van der Waals surface area (Å²) in [7, 11) is 3.19. The fourth-order valence-corrected chi connectivity index (χ4v) is 2.86. The summed E-state index contributed by atoms with van der Waals surface area (Å²) < 4.78 is 10.6. The second kappa shape index (κ2) is 8.27. The van der Waals surface area contributed by atoms with Gasteiger partial charge in [-0.15, -0.1) is 0 Å². The van der Waals surface area contributed by atoms with Gasteiger partial charge in [-0.2, -0.15) is 0 Å². The smallest absolute Gasteiger partial charge is 0.224 e. The lowest BCUT2D eigenvalue weighted by Gasteiger charge is -2.18. The fraction of sp³-hybridized carbons (Fsp3) is 0.278. The first-order chi connectivity index (χ1) is 11.4. The normalized spacial score (nSPS) is 11.7. The average Bonchev–Trinajstić information content (AvgIpc) is 2.56. The van der Waals surface area contributed by atoms with Crippen LogP contribution in [-0.4, -0.2) is 20.1 Å². The highest BCUT2D eigenvalue weighted by atomic mass is 35.5. The second-order valence-corrected chi connectivity index (χ2v) is 6.15. The molecule has 1 amide bonds. The molecule has 128 valence electrons. The van der Waals surface area contributed by atoms with Crippen LogP contribution in [0.5, 0.6) is 11.5 Å². The molecule has 0 radical (unpaired) electrons. The van der Waals surface area contributed by atoms with Crippen LogP contribution in [0.15, 0.2) is 36.4 Å². The molecule has 0 fully saturated rings. The Kier molecular flexibility index (Phi) is 6.35. The van der Waals surface area contributed by atoms with Crippen LogP contribution in [0, 0.1) is 0 Å². The van der Waals surface area contributed by atoms with Crippen molar-refractivity contribution in [3.8, 4) is 11.5 Å².